The molecule has 110 valence electrons. The predicted molar refractivity (Wildman–Crippen MR) is 77.6 cm³/mol. The molecule has 0 N–H and O–H groups in total. The van der Waals surface area contributed by atoms with Crippen molar-refractivity contribution >= 4 is 19.7 Å². The summed E-state index contributed by atoms with van der Waals surface area (Å²) >= 11 is 0. The largest absolute Gasteiger partial charge is 0.286 e. The van der Waals surface area contributed by atoms with Crippen LogP contribution in [0.25, 0.3) is 0 Å². The smallest absolute Gasteiger partial charge is 0.233 e. The minimum Gasteiger partial charge on any atom is -0.286 e. The van der Waals surface area contributed by atoms with Crippen molar-refractivity contribution < 1.29 is 40.7 Å². The van der Waals surface area contributed by atoms with Gasteiger partial charge in [-0.25, -0.2) is 0 Å². The Hall–Kier alpha value is 0.257. The summed E-state index contributed by atoms with van der Waals surface area (Å²) < 4.78 is 0. The second kappa shape index (κ2) is 6.17. The van der Waals surface area contributed by atoms with Crippen molar-refractivity contribution in [2.24, 2.45) is 16.7 Å². The van der Waals surface area contributed by atoms with Gasteiger partial charge < -0.3 is 0 Å². The first-order valence-electron chi connectivity index (χ1n) is 6.91. The first-order valence-corrected chi connectivity index (χ1v) is 6.91. The first kappa shape index (κ1) is 20.3. The van der Waals surface area contributed by atoms with E-state index in [1.807, 2.05) is 20.8 Å². The number of hydrogen-bond donors (Lipinski definition) is 0. The van der Waals surface area contributed by atoms with Gasteiger partial charge in [-0.05, 0) is 24.2 Å². The third kappa shape index (κ3) is 4.63. The molecule has 0 aliphatic carbocycles. The van der Waals surface area contributed by atoms with Crippen molar-refractivity contribution in [2.75, 3.05) is 0 Å². The summed E-state index contributed by atoms with van der Waals surface area (Å²) in [5.41, 5.74) is -1.16. The number of carbonyl (C=O) groups is 2. The van der Waals surface area contributed by atoms with Crippen LogP contribution in [0.4, 0.5) is 0 Å². The van der Waals surface area contributed by atoms with Gasteiger partial charge in [-0.3, -0.25) is 14.5 Å². The third-order valence-electron chi connectivity index (χ3n) is 3.59. The van der Waals surface area contributed by atoms with Crippen molar-refractivity contribution in [1.82, 2.24) is 4.90 Å². The molecule has 1 fully saturated rings. The Balaban J connectivity index is 0.00000361. The molecule has 0 spiro atoms. The monoisotopic (exact) mass is 501 g/mol. The van der Waals surface area contributed by atoms with Crippen LogP contribution >= 0.6 is 0 Å². The van der Waals surface area contributed by atoms with Crippen LogP contribution in [0.15, 0.2) is 0 Å². The molecule has 0 bridgehead atoms. The summed E-state index contributed by atoms with van der Waals surface area (Å²) in [6.07, 6.45) is 0.869. The maximum atomic E-state index is 12.5. The first-order chi connectivity index (χ1) is 8.26. The second-order valence-corrected chi connectivity index (χ2v) is 8.28. The van der Waals surface area contributed by atoms with Crippen molar-refractivity contribution in [3.05, 3.63) is 0 Å². The molecule has 1 aliphatic rings. The summed E-state index contributed by atoms with van der Waals surface area (Å²) in [4.78, 5) is 26.0. The molecule has 2 atom stereocenters. The van der Waals surface area contributed by atoms with Gasteiger partial charge in [-0.15, -0.1) is 0 Å². The molecule has 2 unspecified atom stereocenters. The van der Waals surface area contributed by atoms with Gasteiger partial charge in [0, 0.05) is 43.0 Å². The third-order valence-corrected chi connectivity index (χ3v) is 3.59. The summed E-state index contributed by atoms with van der Waals surface area (Å²) in [6.45, 7) is 13.9. The Morgan fingerprint density at radius 2 is 1.55 bits per heavy atom. The van der Waals surface area contributed by atoms with E-state index in [9.17, 15) is 9.59 Å². The van der Waals surface area contributed by atoms with E-state index in [0.29, 0.717) is 6.42 Å². The van der Waals surface area contributed by atoms with E-state index in [0.717, 1.165) is 0 Å². The fraction of sp³-hybridized carbons (Fsp3) is 0.867. The molecule has 0 saturated carbocycles. The number of nitrogens with zero attached hydrogens (tertiary/aromatic N) is 1. The SMILES string of the molecule is [B]C(C)(CC(C)(C)C)N1C(=O)CC(C(C)(C)C)C1=O.[U]. The van der Waals surface area contributed by atoms with Gasteiger partial charge in [0.25, 0.3) is 0 Å². The Morgan fingerprint density at radius 3 is 1.85 bits per heavy atom. The van der Waals surface area contributed by atoms with Crippen LogP contribution < -0.4 is 0 Å². The normalized spacial score (nSPS) is 23.6. The number of rotatable bonds is 2. The number of imide groups is 1. The van der Waals surface area contributed by atoms with Crippen molar-refractivity contribution in [3.8, 4) is 0 Å². The van der Waals surface area contributed by atoms with Gasteiger partial charge >= 0.3 is 0 Å². The van der Waals surface area contributed by atoms with Crippen LogP contribution in [0.1, 0.15) is 61.3 Å². The molecular weight excluding hydrogens is 475 g/mol. The molecule has 0 aromatic heterocycles. The summed E-state index contributed by atoms with van der Waals surface area (Å²) in [5, 5.41) is 0. The van der Waals surface area contributed by atoms with Gasteiger partial charge in [0.05, 0.1) is 5.92 Å². The zero-order valence-electron chi connectivity index (χ0n) is 13.8. The Labute approximate surface area is 148 Å². The van der Waals surface area contributed by atoms with E-state index in [4.69, 9.17) is 7.85 Å². The van der Waals surface area contributed by atoms with Crippen molar-refractivity contribution in [2.45, 2.75) is 66.7 Å². The number of hydrogen-bond acceptors (Lipinski definition) is 2. The van der Waals surface area contributed by atoms with Crippen molar-refractivity contribution in [3.63, 3.8) is 0 Å². The van der Waals surface area contributed by atoms with Crippen LogP contribution in [0.5, 0.6) is 0 Å². The average Bonchev–Trinajstić information content (AvgIpc) is 2.36. The fourth-order valence-corrected chi connectivity index (χ4v) is 3.00. The standard InChI is InChI=1S/C15H26BNO2.U/c1-13(2,3)9-15(7,16)17-11(18)8-10(12(17)19)14(4,5)6;/h10H,8-9H2,1-7H3;. The maximum Gasteiger partial charge on any atom is 0.233 e. The quantitative estimate of drug-likeness (QED) is 0.432. The molecule has 5 heteroatoms. The molecule has 0 aromatic carbocycles. The Kier molecular flexibility index (Phi) is 6.25. The fourth-order valence-electron chi connectivity index (χ4n) is 3.00. The van der Waals surface area contributed by atoms with Gasteiger partial charge in [0.2, 0.25) is 11.8 Å². The van der Waals surface area contributed by atoms with Crippen LogP contribution in [0.2, 0.25) is 0 Å². The van der Waals surface area contributed by atoms with Crippen LogP contribution in [-0.2, 0) is 9.59 Å². The molecule has 1 rings (SSSR count). The van der Waals surface area contributed by atoms with Crippen LogP contribution in [-0.4, -0.2) is 30.0 Å². The van der Waals surface area contributed by atoms with E-state index >= 15 is 0 Å². The van der Waals surface area contributed by atoms with E-state index in [-0.39, 0.29) is 66.1 Å². The topological polar surface area (TPSA) is 37.4 Å². The maximum absolute atomic E-state index is 12.5. The zero-order valence-corrected chi connectivity index (χ0v) is 18.0. The molecule has 0 aromatic rings. The van der Waals surface area contributed by atoms with E-state index < -0.39 is 5.44 Å². The summed E-state index contributed by atoms with van der Waals surface area (Å²) in [5.74, 6) is -0.520. The van der Waals surface area contributed by atoms with Gasteiger partial charge in [-0.2, -0.15) is 0 Å². The molecule has 1 aliphatic heterocycles. The molecular formula is C15H26BNO2U. The van der Waals surface area contributed by atoms with Crippen LogP contribution in [0.3, 0.4) is 0 Å². The molecule has 20 heavy (non-hydrogen) atoms. The van der Waals surface area contributed by atoms with Crippen molar-refractivity contribution in [1.29, 1.82) is 0 Å². The van der Waals surface area contributed by atoms with E-state index in [1.165, 1.54) is 4.90 Å². The van der Waals surface area contributed by atoms with Gasteiger partial charge in [0.1, 0.15) is 7.85 Å². The Morgan fingerprint density at radius 1 is 1.10 bits per heavy atom. The van der Waals surface area contributed by atoms with Gasteiger partial charge in [0.15, 0.2) is 0 Å². The van der Waals surface area contributed by atoms with Crippen LogP contribution in [0, 0.1) is 47.9 Å². The van der Waals surface area contributed by atoms with E-state index in [2.05, 4.69) is 20.8 Å². The zero-order chi connectivity index (χ0) is 15.2. The average molecular weight is 501 g/mol. The Bertz CT molecular complexity index is 394. The molecule has 3 nitrogen and oxygen atoms in total. The second-order valence-electron chi connectivity index (χ2n) is 8.28. The number of amides is 2. The molecule has 1 saturated heterocycles. The minimum absolute atomic E-state index is 0. The molecule has 2 amide bonds. The number of carbonyl (C=O) groups excluding carboxylic acids is 2. The van der Waals surface area contributed by atoms with E-state index in [1.54, 1.807) is 6.92 Å². The summed E-state index contributed by atoms with van der Waals surface area (Å²) in [7, 11) is 6.28. The summed E-state index contributed by atoms with van der Waals surface area (Å²) in [6, 6.07) is 0. The minimum atomic E-state index is -0.910. The molecule has 1 heterocycles. The van der Waals surface area contributed by atoms with Gasteiger partial charge in [-0.1, -0.05) is 41.5 Å². The molecule has 2 radical (unpaired) electrons. The predicted octanol–water partition coefficient (Wildman–Crippen LogP) is 2.73. The number of likely N-dealkylation sites (tertiary alicyclic amines) is 1.